The highest BCUT2D eigenvalue weighted by Crippen LogP contribution is 2.39. The SMILES string of the molecule is C=CC1=CCC(COC2=CC(O)C(C3NN=C(C(F)(F)F)C3C3C=CC=CC3)C=C2)C=C1. The van der Waals surface area contributed by atoms with Gasteiger partial charge in [-0.05, 0) is 36.5 Å². The van der Waals surface area contributed by atoms with Crippen molar-refractivity contribution in [2.45, 2.75) is 31.2 Å². The van der Waals surface area contributed by atoms with E-state index in [1.54, 1.807) is 36.5 Å². The average molecular weight is 444 g/mol. The number of nitrogens with zero attached hydrogens (tertiary/aromatic N) is 1. The minimum atomic E-state index is -4.53. The summed E-state index contributed by atoms with van der Waals surface area (Å²) in [7, 11) is 0. The first-order valence-electron chi connectivity index (χ1n) is 10.8. The van der Waals surface area contributed by atoms with Crippen molar-refractivity contribution in [2.75, 3.05) is 6.61 Å². The van der Waals surface area contributed by atoms with Crippen LogP contribution >= 0.6 is 0 Å². The molecular weight excluding hydrogens is 417 g/mol. The highest BCUT2D eigenvalue weighted by atomic mass is 19.4. The minimum Gasteiger partial charge on any atom is -0.493 e. The predicted molar refractivity (Wildman–Crippen MR) is 118 cm³/mol. The van der Waals surface area contributed by atoms with Crippen LogP contribution in [0.1, 0.15) is 12.8 Å². The second-order valence-electron chi connectivity index (χ2n) is 8.46. The number of rotatable bonds is 6. The Morgan fingerprint density at radius 3 is 2.66 bits per heavy atom. The molecule has 1 heterocycles. The van der Waals surface area contributed by atoms with Crippen molar-refractivity contribution < 1.29 is 23.0 Å². The van der Waals surface area contributed by atoms with Crippen molar-refractivity contribution in [1.29, 1.82) is 0 Å². The molecule has 0 radical (unpaired) electrons. The Kier molecular flexibility index (Phi) is 6.55. The lowest BCUT2D eigenvalue weighted by Gasteiger charge is -2.34. The number of allylic oxidation sites excluding steroid dienone is 9. The van der Waals surface area contributed by atoms with Crippen LogP contribution in [0.5, 0.6) is 0 Å². The number of nitrogens with one attached hydrogen (secondary N) is 1. The van der Waals surface area contributed by atoms with Crippen LogP contribution in [0.25, 0.3) is 0 Å². The summed E-state index contributed by atoms with van der Waals surface area (Å²) in [5.41, 5.74) is 2.95. The second kappa shape index (κ2) is 9.36. The van der Waals surface area contributed by atoms with E-state index in [0.29, 0.717) is 18.8 Å². The van der Waals surface area contributed by atoms with Gasteiger partial charge in [0.25, 0.3) is 0 Å². The van der Waals surface area contributed by atoms with E-state index in [-0.39, 0.29) is 11.8 Å². The molecule has 0 aromatic rings. The lowest BCUT2D eigenvalue weighted by atomic mass is 9.73. The molecule has 0 fully saturated rings. The van der Waals surface area contributed by atoms with Crippen LogP contribution in [-0.2, 0) is 4.74 Å². The van der Waals surface area contributed by atoms with E-state index in [2.05, 4.69) is 29.3 Å². The van der Waals surface area contributed by atoms with Crippen LogP contribution in [0, 0.1) is 23.7 Å². The Morgan fingerprint density at radius 2 is 2.03 bits per heavy atom. The monoisotopic (exact) mass is 444 g/mol. The largest absolute Gasteiger partial charge is 0.493 e. The first-order valence-corrected chi connectivity index (χ1v) is 10.8. The minimum absolute atomic E-state index is 0.220. The quantitative estimate of drug-likeness (QED) is 0.621. The Bertz CT molecular complexity index is 939. The van der Waals surface area contributed by atoms with E-state index in [1.807, 2.05) is 18.2 Å². The molecule has 0 aromatic heterocycles. The van der Waals surface area contributed by atoms with E-state index in [0.717, 1.165) is 12.0 Å². The molecule has 7 heteroatoms. The Morgan fingerprint density at radius 1 is 1.19 bits per heavy atom. The zero-order chi connectivity index (χ0) is 22.7. The first kappa shape index (κ1) is 22.4. The number of hydrogen-bond acceptors (Lipinski definition) is 4. The lowest BCUT2D eigenvalue weighted by molar-refractivity contribution is -0.0636. The highest BCUT2D eigenvalue weighted by Gasteiger charge is 2.52. The molecule has 0 saturated heterocycles. The Hall–Kier alpha value is -2.80. The average Bonchev–Trinajstić information content (AvgIpc) is 3.24. The maximum atomic E-state index is 13.6. The fraction of sp³-hybridized carbons (Fsp3) is 0.400. The standard InChI is InChI=1S/C25H27F3N2O2/c1-2-16-8-10-17(11-9-16)15-32-19-12-13-20(21(31)14-19)23-22(18-6-4-3-5-7-18)24(30-29-23)25(26,27)28/h2-6,8-10,12-14,17-18,20-23,29,31H,1,7,11,15H2. The summed E-state index contributed by atoms with van der Waals surface area (Å²) in [5, 5.41) is 14.4. The van der Waals surface area contributed by atoms with Crippen LogP contribution in [0.4, 0.5) is 13.2 Å². The van der Waals surface area contributed by atoms with Gasteiger partial charge in [0.05, 0.1) is 18.8 Å². The molecule has 0 amide bonds. The lowest BCUT2D eigenvalue weighted by Crippen LogP contribution is -2.46. The molecule has 0 aromatic carbocycles. The number of hydrazone groups is 1. The van der Waals surface area contributed by atoms with E-state index >= 15 is 0 Å². The van der Waals surface area contributed by atoms with Gasteiger partial charge in [-0.25, -0.2) is 0 Å². The zero-order valence-electron chi connectivity index (χ0n) is 17.6. The second-order valence-corrected chi connectivity index (χ2v) is 8.46. The van der Waals surface area contributed by atoms with Crippen molar-refractivity contribution in [3.63, 3.8) is 0 Å². The van der Waals surface area contributed by atoms with Gasteiger partial charge < -0.3 is 15.3 Å². The third-order valence-electron chi connectivity index (χ3n) is 6.35. The number of alkyl halides is 3. The van der Waals surface area contributed by atoms with E-state index in [9.17, 15) is 18.3 Å². The van der Waals surface area contributed by atoms with Crippen molar-refractivity contribution in [3.05, 3.63) is 84.7 Å². The molecule has 6 atom stereocenters. The smallest absolute Gasteiger partial charge is 0.431 e. The van der Waals surface area contributed by atoms with Crippen molar-refractivity contribution in [2.24, 2.45) is 28.8 Å². The van der Waals surface area contributed by atoms with Gasteiger partial charge in [-0.2, -0.15) is 18.3 Å². The number of aliphatic hydroxyl groups excluding tert-OH is 1. The summed E-state index contributed by atoms with van der Waals surface area (Å²) >= 11 is 0. The third-order valence-corrected chi connectivity index (χ3v) is 6.35. The van der Waals surface area contributed by atoms with Crippen molar-refractivity contribution in [1.82, 2.24) is 5.43 Å². The topological polar surface area (TPSA) is 53.9 Å². The molecule has 170 valence electrons. The molecular formula is C25H27F3N2O2. The molecule has 1 aliphatic heterocycles. The van der Waals surface area contributed by atoms with E-state index < -0.39 is 35.9 Å². The summed E-state index contributed by atoms with van der Waals surface area (Å²) in [6.07, 6.45) is 16.1. The molecule has 6 unspecified atom stereocenters. The zero-order valence-corrected chi connectivity index (χ0v) is 17.6. The van der Waals surface area contributed by atoms with Crippen molar-refractivity contribution >= 4 is 5.71 Å². The van der Waals surface area contributed by atoms with Gasteiger partial charge in [0.2, 0.25) is 0 Å². The Labute approximate surface area is 185 Å². The normalized spacial score (nSPS) is 33.9. The van der Waals surface area contributed by atoms with Gasteiger partial charge in [0, 0.05) is 17.8 Å². The van der Waals surface area contributed by atoms with Crippen molar-refractivity contribution in [3.8, 4) is 0 Å². The van der Waals surface area contributed by atoms with Gasteiger partial charge in [-0.15, -0.1) is 0 Å². The summed E-state index contributed by atoms with van der Waals surface area (Å²) in [6, 6.07) is -0.666. The number of halogens is 3. The number of ether oxygens (including phenoxy) is 1. The maximum absolute atomic E-state index is 13.6. The molecule has 4 rings (SSSR count). The summed E-state index contributed by atoms with van der Waals surface area (Å²) in [6.45, 7) is 4.20. The molecule has 4 aliphatic rings. The van der Waals surface area contributed by atoms with Crippen LogP contribution in [-0.4, -0.2) is 35.7 Å². The molecule has 32 heavy (non-hydrogen) atoms. The summed E-state index contributed by atoms with van der Waals surface area (Å²) in [5.74, 6) is -1.03. The highest BCUT2D eigenvalue weighted by molar-refractivity contribution is 5.94. The molecule has 2 N–H and O–H groups in total. The molecule has 0 spiro atoms. The number of hydrogen-bond donors (Lipinski definition) is 2. The Balaban J connectivity index is 1.41. The fourth-order valence-corrected chi connectivity index (χ4v) is 4.62. The first-order chi connectivity index (χ1) is 15.4. The van der Waals surface area contributed by atoms with Gasteiger partial charge >= 0.3 is 6.18 Å². The third kappa shape index (κ3) is 4.83. The molecule has 0 saturated carbocycles. The van der Waals surface area contributed by atoms with Crippen LogP contribution in [0.2, 0.25) is 0 Å². The van der Waals surface area contributed by atoms with Gasteiger partial charge in [-0.1, -0.05) is 61.3 Å². The molecule has 0 bridgehead atoms. The fourth-order valence-electron chi connectivity index (χ4n) is 4.62. The van der Waals surface area contributed by atoms with Crippen LogP contribution in [0.15, 0.2) is 89.8 Å². The van der Waals surface area contributed by atoms with Gasteiger partial charge in [-0.3, -0.25) is 0 Å². The van der Waals surface area contributed by atoms with E-state index in [1.165, 1.54) is 0 Å². The number of aliphatic hydroxyl groups is 1. The summed E-state index contributed by atoms with van der Waals surface area (Å²) < 4.78 is 46.8. The van der Waals surface area contributed by atoms with Gasteiger partial charge in [0.15, 0.2) is 0 Å². The van der Waals surface area contributed by atoms with Gasteiger partial charge in [0.1, 0.15) is 11.5 Å². The van der Waals surface area contributed by atoms with Crippen LogP contribution in [0.3, 0.4) is 0 Å². The molecule has 3 aliphatic carbocycles. The molecule has 4 nitrogen and oxygen atoms in total. The maximum Gasteiger partial charge on any atom is 0.431 e. The van der Waals surface area contributed by atoms with E-state index in [4.69, 9.17) is 4.74 Å². The summed E-state index contributed by atoms with van der Waals surface area (Å²) in [4.78, 5) is 0. The predicted octanol–water partition coefficient (Wildman–Crippen LogP) is 4.76. The van der Waals surface area contributed by atoms with Crippen LogP contribution < -0.4 is 5.43 Å².